The molecule has 8 heteroatoms. The summed E-state index contributed by atoms with van der Waals surface area (Å²) in [6, 6.07) is 4.45. The lowest BCUT2D eigenvalue weighted by Gasteiger charge is -2.22. The van der Waals surface area contributed by atoms with E-state index >= 15 is 0 Å². The molecule has 1 aromatic carbocycles. The molecule has 2 heterocycles. The van der Waals surface area contributed by atoms with Gasteiger partial charge in [0.25, 0.3) is 5.91 Å². The van der Waals surface area contributed by atoms with Gasteiger partial charge in [0.1, 0.15) is 12.1 Å². The van der Waals surface area contributed by atoms with E-state index in [1.165, 1.54) is 0 Å². The number of carbonyl (C=O) groups is 3. The number of carbonyl (C=O) groups excluding carboxylic acids is 3. The number of fused-ring (bicyclic) bond motifs is 1. The molecule has 1 saturated heterocycles. The van der Waals surface area contributed by atoms with Gasteiger partial charge in [-0.15, -0.1) is 0 Å². The Kier molecular flexibility index (Phi) is 4.28. The number of amides is 4. The van der Waals surface area contributed by atoms with E-state index in [1.54, 1.807) is 25.1 Å². The van der Waals surface area contributed by atoms with Crippen LogP contribution in [0.4, 0.5) is 4.79 Å². The van der Waals surface area contributed by atoms with Gasteiger partial charge in [0.2, 0.25) is 12.7 Å². The summed E-state index contributed by atoms with van der Waals surface area (Å²) in [5.74, 6) is 0.270. The SMILES string of the molecule is CC[C@@H](C)NC(=O)CN1C(=O)N[C@](C)(c2ccc3c(c2)OCO3)C1=O. The third-order valence-corrected chi connectivity index (χ3v) is 4.55. The first-order valence-electron chi connectivity index (χ1n) is 8.18. The molecule has 2 aliphatic rings. The Morgan fingerprint density at radius 2 is 2.08 bits per heavy atom. The fourth-order valence-electron chi connectivity index (χ4n) is 2.81. The molecule has 2 N–H and O–H groups in total. The highest BCUT2D eigenvalue weighted by Crippen LogP contribution is 2.37. The number of rotatable bonds is 5. The topological polar surface area (TPSA) is 97.0 Å². The van der Waals surface area contributed by atoms with Gasteiger partial charge in [0.05, 0.1) is 0 Å². The third kappa shape index (κ3) is 2.99. The van der Waals surface area contributed by atoms with Crippen molar-refractivity contribution in [1.29, 1.82) is 0 Å². The Balaban J connectivity index is 1.79. The molecule has 2 atom stereocenters. The molecule has 1 fully saturated rings. The molecule has 1 aromatic rings. The largest absolute Gasteiger partial charge is 0.454 e. The Labute approximate surface area is 145 Å². The molecule has 8 nitrogen and oxygen atoms in total. The van der Waals surface area contributed by atoms with Crippen molar-refractivity contribution in [2.75, 3.05) is 13.3 Å². The predicted molar refractivity (Wildman–Crippen MR) is 88.1 cm³/mol. The van der Waals surface area contributed by atoms with Crippen molar-refractivity contribution in [3.8, 4) is 11.5 Å². The number of nitrogens with one attached hydrogen (secondary N) is 2. The van der Waals surface area contributed by atoms with Crippen molar-refractivity contribution < 1.29 is 23.9 Å². The Hall–Kier alpha value is -2.77. The zero-order valence-electron chi connectivity index (χ0n) is 14.4. The smallest absolute Gasteiger partial charge is 0.325 e. The van der Waals surface area contributed by atoms with Crippen LogP contribution in [-0.4, -0.2) is 42.1 Å². The first kappa shape index (κ1) is 17.1. The van der Waals surface area contributed by atoms with Gasteiger partial charge in [-0.3, -0.25) is 14.5 Å². The van der Waals surface area contributed by atoms with Crippen LogP contribution in [0.1, 0.15) is 32.8 Å². The molecule has 4 amide bonds. The van der Waals surface area contributed by atoms with E-state index in [4.69, 9.17) is 9.47 Å². The zero-order chi connectivity index (χ0) is 18.2. The highest BCUT2D eigenvalue weighted by Gasteiger charge is 2.49. The van der Waals surface area contributed by atoms with Gasteiger partial charge in [-0.1, -0.05) is 13.0 Å². The second kappa shape index (κ2) is 6.27. The number of imide groups is 1. The lowest BCUT2D eigenvalue weighted by Crippen LogP contribution is -2.44. The Morgan fingerprint density at radius 1 is 1.36 bits per heavy atom. The summed E-state index contributed by atoms with van der Waals surface area (Å²) in [5, 5.41) is 5.42. The summed E-state index contributed by atoms with van der Waals surface area (Å²) in [7, 11) is 0. The van der Waals surface area contributed by atoms with Crippen LogP contribution in [0.25, 0.3) is 0 Å². The van der Waals surface area contributed by atoms with Crippen LogP contribution in [0, 0.1) is 0 Å². The van der Waals surface area contributed by atoms with Gasteiger partial charge < -0.3 is 20.1 Å². The van der Waals surface area contributed by atoms with E-state index in [1.807, 2.05) is 13.8 Å². The van der Waals surface area contributed by atoms with Crippen LogP contribution < -0.4 is 20.1 Å². The molecule has 0 unspecified atom stereocenters. The fourth-order valence-corrected chi connectivity index (χ4v) is 2.81. The molecule has 134 valence electrons. The van der Waals surface area contributed by atoms with Crippen molar-refractivity contribution in [3.63, 3.8) is 0 Å². The molecule has 3 rings (SSSR count). The first-order chi connectivity index (χ1) is 11.8. The lowest BCUT2D eigenvalue weighted by molar-refractivity contribution is -0.135. The maximum absolute atomic E-state index is 12.8. The molecule has 0 aromatic heterocycles. The summed E-state index contributed by atoms with van der Waals surface area (Å²) in [6.07, 6.45) is 0.765. The predicted octanol–water partition coefficient (Wildman–Crippen LogP) is 1.10. The standard InChI is InChI=1S/C17H21N3O5/c1-4-10(2)18-14(21)8-20-15(22)17(3,19-16(20)23)11-5-6-12-13(7-11)25-9-24-12/h5-7,10H,4,8-9H2,1-3H3,(H,18,21)(H,19,23)/t10-,17-/m1/s1. The summed E-state index contributed by atoms with van der Waals surface area (Å²) in [6.45, 7) is 5.22. The Morgan fingerprint density at radius 3 is 2.80 bits per heavy atom. The fraction of sp³-hybridized carbons (Fsp3) is 0.471. The van der Waals surface area contributed by atoms with Gasteiger partial charge in [0.15, 0.2) is 11.5 Å². The van der Waals surface area contributed by atoms with Crippen LogP contribution >= 0.6 is 0 Å². The first-order valence-corrected chi connectivity index (χ1v) is 8.18. The molecule has 0 saturated carbocycles. The molecule has 0 spiro atoms. The van der Waals surface area contributed by atoms with Gasteiger partial charge in [-0.05, 0) is 38.0 Å². The second-order valence-electron chi connectivity index (χ2n) is 6.39. The molecule has 0 bridgehead atoms. The molecule has 0 aliphatic carbocycles. The monoisotopic (exact) mass is 347 g/mol. The normalized spacial score (nSPS) is 22.8. The summed E-state index contributed by atoms with van der Waals surface area (Å²) < 4.78 is 10.6. The maximum atomic E-state index is 12.8. The van der Waals surface area contributed by atoms with Gasteiger partial charge in [-0.2, -0.15) is 0 Å². The maximum Gasteiger partial charge on any atom is 0.325 e. The quantitative estimate of drug-likeness (QED) is 0.778. The zero-order valence-corrected chi connectivity index (χ0v) is 14.4. The van der Waals surface area contributed by atoms with Crippen molar-refractivity contribution in [2.24, 2.45) is 0 Å². The van der Waals surface area contributed by atoms with Crippen molar-refractivity contribution in [3.05, 3.63) is 23.8 Å². The average molecular weight is 347 g/mol. The van der Waals surface area contributed by atoms with Crippen LogP contribution in [0.3, 0.4) is 0 Å². The van der Waals surface area contributed by atoms with Crippen molar-refractivity contribution >= 4 is 17.8 Å². The number of ether oxygens (including phenoxy) is 2. The lowest BCUT2D eigenvalue weighted by atomic mass is 9.91. The summed E-state index contributed by atoms with van der Waals surface area (Å²) >= 11 is 0. The summed E-state index contributed by atoms with van der Waals surface area (Å²) in [4.78, 5) is 38.0. The van der Waals surface area contributed by atoms with Gasteiger partial charge >= 0.3 is 6.03 Å². The molecular weight excluding hydrogens is 326 g/mol. The van der Waals surface area contributed by atoms with Crippen LogP contribution in [0.5, 0.6) is 11.5 Å². The molecule has 25 heavy (non-hydrogen) atoms. The van der Waals surface area contributed by atoms with Crippen LogP contribution in [-0.2, 0) is 15.1 Å². The number of urea groups is 1. The van der Waals surface area contributed by atoms with E-state index in [2.05, 4.69) is 10.6 Å². The van der Waals surface area contributed by atoms with Gasteiger partial charge in [-0.25, -0.2) is 4.79 Å². The molecule has 2 aliphatic heterocycles. The third-order valence-electron chi connectivity index (χ3n) is 4.55. The average Bonchev–Trinajstić information content (AvgIpc) is 3.13. The minimum Gasteiger partial charge on any atom is -0.454 e. The van der Waals surface area contributed by atoms with E-state index in [9.17, 15) is 14.4 Å². The minimum absolute atomic E-state index is 0.0199. The highest BCUT2D eigenvalue weighted by molar-refractivity contribution is 6.09. The highest BCUT2D eigenvalue weighted by atomic mass is 16.7. The minimum atomic E-state index is -1.26. The number of nitrogens with zero attached hydrogens (tertiary/aromatic N) is 1. The number of benzene rings is 1. The van der Waals surface area contributed by atoms with E-state index in [0.29, 0.717) is 17.1 Å². The van der Waals surface area contributed by atoms with Crippen molar-refractivity contribution in [1.82, 2.24) is 15.5 Å². The molecular formula is C17H21N3O5. The van der Waals surface area contributed by atoms with E-state index < -0.39 is 17.5 Å². The van der Waals surface area contributed by atoms with Crippen LogP contribution in [0.15, 0.2) is 18.2 Å². The second-order valence-corrected chi connectivity index (χ2v) is 6.39. The van der Waals surface area contributed by atoms with E-state index in [0.717, 1.165) is 11.3 Å². The van der Waals surface area contributed by atoms with E-state index in [-0.39, 0.29) is 25.3 Å². The van der Waals surface area contributed by atoms with Gasteiger partial charge in [0, 0.05) is 6.04 Å². The summed E-state index contributed by atoms with van der Waals surface area (Å²) in [5.41, 5.74) is -0.686. The van der Waals surface area contributed by atoms with Crippen LogP contribution in [0.2, 0.25) is 0 Å². The van der Waals surface area contributed by atoms with Crippen molar-refractivity contribution in [2.45, 2.75) is 38.8 Å². The number of hydrogen-bond acceptors (Lipinski definition) is 5. The number of hydrogen-bond donors (Lipinski definition) is 2. The Bertz CT molecular complexity index is 735. The molecule has 0 radical (unpaired) electrons.